The van der Waals surface area contributed by atoms with E-state index < -0.39 is 0 Å². The fourth-order valence-electron chi connectivity index (χ4n) is 2.55. The van der Waals surface area contributed by atoms with Crippen LogP contribution in [0.25, 0.3) is 10.9 Å². The first-order valence-electron chi connectivity index (χ1n) is 7.57. The molecule has 1 heterocycles. The lowest BCUT2D eigenvalue weighted by Gasteiger charge is -2.16. The first-order valence-corrected chi connectivity index (χ1v) is 7.57. The van der Waals surface area contributed by atoms with Gasteiger partial charge in [0.25, 0.3) is 5.91 Å². The maximum atomic E-state index is 12.2. The van der Waals surface area contributed by atoms with Gasteiger partial charge in [0.05, 0.1) is 5.52 Å². The summed E-state index contributed by atoms with van der Waals surface area (Å²) in [6.07, 6.45) is 4.92. The van der Waals surface area contributed by atoms with E-state index in [-0.39, 0.29) is 5.91 Å². The van der Waals surface area contributed by atoms with Crippen LogP contribution in [0.1, 0.15) is 36.5 Å². The number of carbonyl (C=O) groups excluding carboxylic acids is 1. The van der Waals surface area contributed by atoms with Gasteiger partial charge in [0.15, 0.2) is 0 Å². The largest absolute Gasteiger partial charge is 0.352 e. The Kier molecular flexibility index (Phi) is 5.69. The van der Waals surface area contributed by atoms with Gasteiger partial charge in [-0.05, 0) is 49.6 Å². The summed E-state index contributed by atoms with van der Waals surface area (Å²) < 4.78 is 0. The van der Waals surface area contributed by atoms with Crippen LogP contribution in [0.5, 0.6) is 0 Å². The summed E-state index contributed by atoms with van der Waals surface area (Å²) in [5.41, 5.74) is 7.20. The number of hydrogen-bond donors (Lipinski definition) is 2. The number of rotatable bonds is 7. The molecule has 1 amide bonds. The number of fused-ring (bicyclic) bond motifs is 1. The molecule has 1 aromatic carbocycles. The van der Waals surface area contributed by atoms with Gasteiger partial charge in [0.1, 0.15) is 0 Å². The third kappa shape index (κ3) is 4.26. The molecule has 0 bridgehead atoms. The second-order valence-corrected chi connectivity index (χ2v) is 5.35. The summed E-state index contributed by atoms with van der Waals surface area (Å²) in [7, 11) is 0. The van der Waals surface area contributed by atoms with Crippen LogP contribution < -0.4 is 11.1 Å². The molecule has 4 heteroatoms. The first-order chi connectivity index (χ1) is 10.2. The Balaban J connectivity index is 2.01. The summed E-state index contributed by atoms with van der Waals surface area (Å²) in [6, 6.07) is 9.43. The van der Waals surface area contributed by atoms with Gasteiger partial charge in [-0.15, -0.1) is 0 Å². The lowest BCUT2D eigenvalue weighted by Crippen LogP contribution is -2.30. The Morgan fingerprint density at radius 1 is 1.33 bits per heavy atom. The molecule has 0 aliphatic heterocycles. The summed E-state index contributed by atoms with van der Waals surface area (Å²) >= 11 is 0. The van der Waals surface area contributed by atoms with Crippen molar-refractivity contribution in [3.63, 3.8) is 0 Å². The maximum Gasteiger partial charge on any atom is 0.251 e. The molecule has 0 radical (unpaired) electrons. The Hall–Kier alpha value is -1.94. The topological polar surface area (TPSA) is 68.0 Å². The van der Waals surface area contributed by atoms with Gasteiger partial charge in [-0.3, -0.25) is 9.78 Å². The molecule has 0 fully saturated rings. The zero-order valence-corrected chi connectivity index (χ0v) is 12.5. The van der Waals surface area contributed by atoms with Crippen molar-refractivity contribution in [2.24, 2.45) is 11.7 Å². The molecule has 0 spiro atoms. The number of benzene rings is 1. The fraction of sp³-hybridized carbons (Fsp3) is 0.412. The van der Waals surface area contributed by atoms with Crippen molar-refractivity contribution in [3.8, 4) is 0 Å². The van der Waals surface area contributed by atoms with Crippen LogP contribution in [-0.4, -0.2) is 24.0 Å². The van der Waals surface area contributed by atoms with Gasteiger partial charge in [-0.2, -0.15) is 0 Å². The van der Waals surface area contributed by atoms with Crippen LogP contribution in [0.3, 0.4) is 0 Å². The summed E-state index contributed by atoms with van der Waals surface area (Å²) in [6.45, 7) is 3.51. The van der Waals surface area contributed by atoms with Gasteiger partial charge in [0.2, 0.25) is 0 Å². The predicted octanol–water partition coefficient (Wildman–Crippen LogP) is 2.73. The van der Waals surface area contributed by atoms with Crippen LogP contribution in [0.2, 0.25) is 0 Å². The van der Waals surface area contributed by atoms with E-state index in [0.29, 0.717) is 24.6 Å². The van der Waals surface area contributed by atoms with E-state index in [0.717, 1.165) is 30.2 Å². The van der Waals surface area contributed by atoms with Crippen LogP contribution in [0.15, 0.2) is 36.5 Å². The number of nitrogens with two attached hydrogens (primary N) is 1. The number of nitrogens with zero attached hydrogens (tertiary/aromatic N) is 1. The Labute approximate surface area is 125 Å². The standard InChI is InChI=1S/C17H23N3O/c1-2-4-13(8-9-18)12-20-17(21)15-6-7-16-14(11-15)5-3-10-19-16/h3,5-7,10-11,13H,2,4,8-9,12,18H2,1H3,(H,20,21). The summed E-state index contributed by atoms with van der Waals surface area (Å²) in [5.74, 6) is 0.435. The van der Waals surface area contributed by atoms with Crippen LogP contribution in [-0.2, 0) is 0 Å². The van der Waals surface area contributed by atoms with Crippen molar-refractivity contribution < 1.29 is 4.79 Å². The molecular formula is C17H23N3O. The molecule has 0 saturated carbocycles. The lowest BCUT2D eigenvalue weighted by molar-refractivity contribution is 0.0946. The zero-order valence-electron chi connectivity index (χ0n) is 12.5. The van der Waals surface area contributed by atoms with Gasteiger partial charge in [0, 0.05) is 23.7 Å². The minimum absolute atomic E-state index is 0.0288. The van der Waals surface area contributed by atoms with E-state index in [1.165, 1.54) is 0 Å². The zero-order chi connectivity index (χ0) is 15.1. The Bertz CT molecular complexity index is 591. The van der Waals surface area contributed by atoms with Crippen molar-refractivity contribution in [2.75, 3.05) is 13.1 Å². The smallest absolute Gasteiger partial charge is 0.251 e. The van der Waals surface area contributed by atoms with Gasteiger partial charge >= 0.3 is 0 Å². The highest BCUT2D eigenvalue weighted by atomic mass is 16.1. The van der Waals surface area contributed by atoms with Crippen molar-refractivity contribution >= 4 is 16.8 Å². The monoisotopic (exact) mass is 285 g/mol. The normalized spacial score (nSPS) is 12.3. The van der Waals surface area contributed by atoms with E-state index in [1.807, 2.05) is 30.3 Å². The highest BCUT2D eigenvalue weighted by Crippen LogP contribution is 2.14. The van der Waals surface area contributed by atoms with Gasteiger partial charge in [-0.1, -0.05) is 19.4 Å². The number of hydrogen-bond acceptors (Lipinski definition) is 3. The van der Waals surface area contributed by atoms with Crippen LogP contribution in [0.4, 0.5) is 0 Å². The summed E-state index contributed by atoms with van der Waals surface area (Å²) in [4.78, 5) is 16.5. The van der Waals surface area contributed by atoms with Gasteiger partial charge < -0.3 is 11.1 Å². The molecule has 4 nitrogen and oxygen atoms in total. The third-order valence-electron chi connectivity index (χ3n) is 3.69. The van der Waals surface area contributed by atoms with E-state index in [9.17, 15) is 4.79 Å². The minimum atomic E-state index is -0.0288. The van der Waals surface area contributed by atoms with Crippen molar-refractivity contribution in [1.29, 1.82) is 0 Å². The predicted molar refractivity (Wildman–Crippen MR) is 86.1 cm³/mol. The number of carbonyl (C=O) groups is 1. The van der Waals surface area contributed by atoms with Crippen molar-refractivity contribution in [2.45, 2.75) is 26.2 Å². The highest BCUT2D eigenvalue weighted by molar-refractivity contribution is 5.97. The van der Waals surface area contributed by atoms with E-state index in [1.54, 1.807) is 6.20 Å². The number of nitrogens with one attached hydrogen (secondary N) is 1. The molecule has 1 atom stereocenters. The summed E-state index contributed by atoms with van der Waals surface area (Å²) in [5, 5.41) is 4.00. The van der Waals surface area contributed by atoms with Crippen LogP contribution >= 0.6 is 0 Å². The Morgan fingerprint density at radius 3 is 2.95 bits per heavy atom. The highest BCUT2D eigenvalue weighted by Gasteiger charge is 2.11. The quantitative estimate of drug-likeness (QED) is 0.822. The molecular weight excluding hydrogens is 262 g/mol. The molecule has 1 aromatic heterocycles. The van der Waals surface area contributed by atoms with Crippen molar-refractivity contribution in [1.82, 2.24) is 10.3 Å². The number of pyridine rings is 1. The molecule has 1 unspecified atom stereocenters. The molecule has 0 aliphatic carbocycles. The first kappa shape index (κ1) is 15.4. The Morgan fingerprint density at radius 2 is 2.19 bits per heavy atom. The fourth-order valence-corrected chi connectivity index (χ4v) is 2.55. The van der Waals surface area contributed by atoms with Gasteiger partial charge in [-0.25, -0.2) is 0 Å². The molecule has 0 aliphatic rings. The molecule has 2 aromatic rings. The van der Waals surface area contributed by atoms with E-state index in [4.69, 9.17) is 5.73 Å². The number of amides is 1. The second-order valence-electron chi connectivity index (χ2n) is 5.35. The maximum absolute atomic E-state index is 12.2. The number of aromatic nitrogens is 1. The minimum Gasteiger partial charge on any atom is -0.352 e. The van der Waals surface area contributed by atoms with Crippen molar-refractivity contribution in [3.05, 3.63) is 42.1 Å². The average molecular weight is 285 g/mol. The van der Waals surface area contributed by atoms with E-state index in [2.05, 4.69) is 17.2 Å². The SMILES string of the molecule is CCCC(CCN)CNC(=O)c1ccc2ncccc2c1. The molecule has 21 heavy (non-hydrogen) atoms. The molecule has 2 rings (SSSR count). The molecule has 0 saturated heterocycles. The second kappa shape index (κ2) is 7.74. The average Bonchev–Trinajstić information content (AvgIpc) is 2.52. The molecule has 3 N–H and O–H groups in total. The van der Waals surface area contributed by atoms with E-state index >= 15 is 0 Å². The third-order valence-corrected chi connectivity index (χ3v) is 3.69. The van der Waals surface area contributed by atoms with Crippen LogP contribution in [0, 0.1) is 5.92 Å². The lowest BCUT2D eigenvalue weighted by atomic mass is 9.99. The molecule has 112 valence electrons.